The molecular weight excluding hydrogens is 220 g/mol. The molecule has 0 aliphatic rings. The smallest absolute Gasteiger partial charge is 0.313 e. The van der Waals surface area contributed by atoms with Gasteiger partial charge in [0.25, 0.3) is 0 Å². The number of methoxy groups -OCH3 is 1. The third kappa shape index (κ3) is 3.31. The van der Waals surface area contributed by atoms with E-state index in [1.165, 1.54) is 14.0 Å². The van der Waals surface area contributed by atoms with Crippen LogP contribution in [0.15, 0.2) is 18.2 Å². The first-order valence-electron chi connectivity index (χ1n) is 5.36. The van der Waals surface area contributed by atoms with E-state index in [0.717, 1.165) is 0 Å². The molecule has 0 aliphatic heterocycles. The molecule has 0 atom stereocenters. The van der Waals surface area contributed by atoms with Gasteiger partial charge in [0.05, 0.1) is 13.0 Å². The standard InChI is InChI=1S/C13H16O4/c1-8(2)13(15)17-11-6-5-10(9(3)14)7-12(11)16-4/h5-8H,1-4H3. The quantitative estimate of drug-likeness (QED) is 0.458. The van der Waals surface area contributed by atoms with E-state index in [1.54, 1.807) is 32.0 Å². The van der Waals surface area contributed by atoms with E-state index in [0.29, 0.717) is 17.1 Å². The summed E-state index contributed by atoms with van der Waals surface area (Å²) in [5.41, 5.74) is 0.520. The topological polar surface area (TPSA) is 52.6 Å². The van der Waals surface area contributed by atoms with Crippen molar-refractivity contribution in [2.75, 3.05) is 7.11 Å². The summed E-state index contributed by atoms with van der Waals surface area (Å²) >= 11 is 0. The largest absolute Gasteiger partial charge is 0.493 e. The van der Waals surface area contributed by atoms with Gasteiger partial charge in [-0.3, -0.25) is 9.59 Å². The van der Waals surface area contributed by atoms with Crippen molar-refractivity contribution >= 4 is 11.8 Å². The molecule has 0 aromatic heterocycles. The second-order valence-corrected chi connectivity index (χ2v) is 4.00. The summed E-state index contributed by atoms with van der Waals surface area (Å²) in [6.45, 7) is 4.96. The summed E-state index contributed by atoms with van der Waals surface area (Å²) in [6, 6.07) is 4.73. The van der Waals surface area contributed by atoms with Crippen LogP contribution < -0.4 is 9.47 Å². The van der Waals surface area contributed by atoms with Crippen LogP contribution in [0.3, 0.4) is 0 Å². The molecule has 0 radical (unpaired) electrons. The Morgan fingerprint density at radius 2 is 1.82 bits per heavy atom. The highest BCUT2D eigenvalue weighted by atomic mass is 16.6. The fraction of sp³-hybridized carbons (Fsp3) is 0.385. The Balaban J connectivity index is 3.01. The highest BCUT2D eigenvalue weighted by molar-refractivity contribution is 5.94. The van der Waals surface area contributed by atoms with Gasteiger partial charge in [-0.25, -0.2) is 0 Å². The molecule has 4 nitrogen and oxygen atoms in total. The third-order valence-corrected chi connectivity index (χ3v) is 2.25. The predicted molar refractivity (Wildman–Crippen MR) is 63.5 cm³/mol. The molecule has 1 rings (SSSR count). The monoisotopic (exact) mass is 236 g/mol. The van der Waals surface area contributed by atoms with E-state index in [9.17, 15) is 9.59 Å². The van der Waals surface area contributed by atoms with Crippen molar-refractivity contribution in [1.29, 1.82) is 0 Å². The number of esters is 1. The zero-order chi connectivity index (χ0) is 13.0. The molecule has 4 heteroatoms. The van der Waals surface area contributed by atoms with E-state index in [1.807, 2.05) is 0 Å². The van der Waals surface area contributed by atoms with Gasteiger partial charge in [-0.15, -0.1) is 0 Å². The van der Waals surface area contributed by atoms with Gasteiger partial charge in [0.15, 0.2) is 17.3 Å². The van der Waals surface area contributed by atoms with Gasteiger partial charge in [-0.1, -0.05) is 13.8 Å². The molecule has 0 spiro atoms. The number of benzene rings is 1. The van der Waals surface area contributed by atoms with Gasteiger partial charge in [0.2, 0.25) is 0 Å². The van der Waals surface area contributed by atoms with Crippen LogP contribution in [0.2, 0.25) is 0 Å². The Bertz CT molecular complexity index is 435. The number of carbonyl (C=O) groups excluding carboxylic acids is 2. The Morgan fingerprint density at radius 3 is 2.29 bits per heavy atom. The minimum atomic E-state index is -0.334. The maximum atomic E-state index is 11.5. The Hall–Kier alpha value is -1.84. The van der Waals surface area contributed by atoms with Gasteiger partial charge in [-0.05, 0) is 25.1 Å². The van der Waals surface area contributed by atoms with E-state index < -0.39 is 0 Å². The SMILES string of the molecule is COc1cc(C(C)=O)ccc1OC(=O)C(C)C. The Kier molecular flexibility index (Phi) is 4.26. The second-order valence-electron chi connectivity index (χ2n) is 4.00. The molecule has 1 aromatic rings. The van der Waals surface area contributed by atoms with Crippen molar-refractivity contribution in [2.45, 2.75) is 20.8 Å². The minimum Gasteiger partial charge on any atom is -0.493 e. The molecule has 92 valence electrons. The lowest BCUT2D eigenvalue weighted by molar-refractivity contribution is -0.137. The predicted octanol–water partition coefficient (Wildman–Crippen LogP) is 2.46. The molecule has 0 fully saturated rings. The minimum absolute atomic E-state index is 0.0648. The molecule has 0 unspecified atom stereocenters. The molecule has 0 N–H and O–H groups in total. The zero-order valence-electron chi connectivity index (χ0n) is 10.4. The molecular formula is C13H16O4. The fourth-order valence-corrected chi connectivity index (χ4v) is 1.20. The lowest BCUT2D eigenvalue weighted by atomic mass is 10.1. The summed E-state index contributed by atoms with van der Waals surface area (Å²) in [5, 5.41) is 0. The van der Waals surface area contributed by atoms with Gasteiger partial charge in [-0.2, -0.15) is 0 Å². The molecule has 0 aliphatic carbocycles. The summed E-state index contributed by atoms with van der Waals surface area (Å²) in [7, 11) is 1.46. The number of ether oxygens (including phenoxy) is 2. The second kappa shape index (κ2) is 5.48. The van der Waals surface area contributed by atoms with E-state index >= 15 is 0 Å². The van der Waals surface area contributed by atoms with Crippen molar-refractivity contribution in [3.8, 4) is 11.5 Å². The average Bonchev–Trinajstić information content (AvgIpc) is 2.28. The molecule has 0 heterocycles. The van der Waals surface area contributed by atoms with Crippen molar-refractivity contribution < 1.29 is 19.1 Å². The lowest BCUT2D eigenvalue weighted by Crippen LogP contribution is -2.15. The highest BCUT2D eigenvalue weighted by Gasteiger charge is 2.14. The van der Waals surface area contributed by atoms with Crippen LogP contribution in [0.1, 0.15) is 31.1 Å². The van der Waals surface area contributed by atoms with Crippen molar-refractivity contribution in [3.05, 3.63) is 23.8 Å². The van der Waals surface area contributed by atoms with Gasteiger partial charge >= 0.3 is 5.97 Å². The molecule has 1 aromatic carbocycles. The van der Waals surface area contributed by atoms with Crippen LogP contribution in [0.5, 0.6) is 11.5 Å². The summed E-state index contributed by atoms with van der Waals surface area (Å²) in [4.78, 5) is 22.6. The summed E-state index contributed by atoms with van der Waals surface area (Å²) < 4.78 is 10.2. The molecule has 0 amide bonds. The number of carbonyl (C=O) groups is 2. The Morgan fingerprint density at radius 1 is 1.18 bits per heavy atom. The maximum absolute atomic E-state index is 11.5. The van der Waals surface area contributed by atoms with Crippen LogP contribution in [0.4, 0.5) is 0 Å². The van der Waals surface area contributed by atoms with Crippen molar-refractivity contribution in [3.63, 3.8) is 0 Å². The number of Topliss-reactive ketones (excluding diaryl/α,β-unsaturated/α-hetero) is 1. The molecule has 17 heavy (non-hydrogen) atoms. The van der Waals surface area contributed by atoms with Crippen molar-refractivity contribution in [2.24, 2.45) is 5.92 Å². The number of hydrogen-bond acceptors (Lipinski definition) is 4. The summed E-state index contributed by atoms with van der Waals surface area (Å²) in [5.74, 6) is 0.0963. The first kappa shape index (κ1) is 13.2. The first-order chi connectivity index (χ1) is 7.95. The van der Waals surface area contributed by atoms with Gasteiger partial charge < -0.3 is 9.47 Å². The normalized spacial score (nSPS) is 10.2. The van der Waals surface area contributed by atoms with E-state index in [4.69, 9.17) is 9.47 Å². The zero-order valence-corrected chi connectivity index (χ0v) is 10.4. The molecule has 0 bridgehead atoms. The van der Waals surface area contributed by atoms with Crippen LogP contribution in [0.25, 0.3) is 0 Å². The summed E-state index contributed by atoms with van der Waals surface area (Å²) in [6.07, 6.45) is 0. The first-order valence-corrected chi connectivity index (χ1v) is 5.36. The van der Waals surface area contributed by atoms with E-state index in [-0.39, 0.29) is 17.7 Å². The Labute approximate surface area is 101 Å². The number of rotatable bonds is 4. The highest BCUT2D eigenvalue weighted by Crippen LogP contribution is 2.28. The maximum Gasteiger partial charge on any atom is 0.313 e. The number of hydrogen-bond donors (Lipinski definition) is 0. The average molecular weight is 236 g/mol. The van der Waals surface area contributed by atoms with E-state index in [2.05, 4.69) is 0 Å². The van der Waals surface area contributed by atoms with Crippen LogP contribution in [0, 0.1) is 5.92 Å². The lowest BCUT2D eigenvalue weighted by Gasteiger charge is -2.11. The molecule has 0 saturated carbocycles. The van der Waals surface area contributed by atoms with Crippen LogP contribution in [-0.2, 0) is 4.79 Å². The van der Waals surface area contributed by atoms with Crippen LogP contribution >= 0.6 is 0 Å². The molecule has 0 saturated heterocycles. The van der Waals surface area contributed by atoms with Crippen LogP contribution in [-0.4, -0.2) is 18.9 Å². The third-order valence-electron chi connectivity index (χ3n) is 2.25. The van der Waals surface area contributed by atoms with Gasteiger partial charge in [0.1, 0.15) is 0 Å². The van der Waals surface area contributed by atoms with Gasteiger partial charge in [0, 0.05) is 5.56 Å². The number of ketones is 1. The fourth-order valence-electron chi connectivity index (χ4n) is 1.20. The van der Waals surface area contributed by atoms with Crippen molar-refractivity contribution in [1.82, 2.24) is 0 Å².